The smallest absolute Gasteiger partial charge is 0.265 e. The van der Waals surface area contributed by atoms with E-state index >= 15 is 0 Å². The van der Waals surface area contributed by atoms with Crippen molar-refractivity contribution in [2.75, 3.05) is 18.4 Å². The van der Waals surface area contributed by atoms with Gasteiger partial charge in [0.05, 0.1) is 16.6 Å². The summed E-state index contributed by atoms with van der Waals surface area (Å²) < 4.78 is 6.43. The molecule has 0 saturated carbocycles. The number of carbonyl (C=O) groups excluding carboxylic acids is 1. The van der Waals surface area contributed by atoms with Gasteiger partial charge in [-0.25, -0.2) is 0 Å². The number of rotatable bonds is 5. The average Bonchev–Trinajstić information content (AvgIpc) is 3.45. The Balaban J connectivity index is 1.66. The van der Waals surface area contributed by atoms with E-state index in [1.54, 1.807) is 0 Å². The van der Waals surface area contributed by atoms with E-state index in [4.69, 9.17) is 16.0 Å². The van der Waals surface area contributed by atoms with E-state index < -0.39 is 0 Å². The number of thiophene rings is 1. The third-order valence-corrected chi connectivity index (χ3v) is 7.02. The zero-order chi connectivity index (χ0) is 21.2. The molecule has 158 valence electrons. The number of nitrogens with one attached hydrogen (secondary N) is 1. The summed E-state index contributed by atoms with van der Waals surface area (Å²) in [6.45, 7) is 1.93. The molecule has 3 heterocycles. The Bertz CT molecular complexity index is 1200. The first kappa shape index (κ1) is 20.3. The van der Waals surface area contributed by atoms with Crippen LogP contribution >= 0.6 is 22.9 Å². The minimum absolute atomic E-state index is 0.126. The summed E-state index contributed by atoms with van der Waals surface area (Å²) in [6.07, 6.45) is 3.50. The topological polar surface area (TPSA) is 45.5 Å². The van der Waals surface area contributed by atoms with E-state index in [9.17, 15) is 4.79 Å². The van der Waals surface area contributed by atoms with E-state index in [-0.39, 0.29) is 11.9 Å². The maximum Gasteiger partial charge on any atom is 0.265 e. The number of hydrogen-bond acceptors (Lipinski definition) is 4. The molecule has 1 N–H and O–H groups in total. The second-order valence-corrected chi connectivity index (χ2v) is 9.14. The second-order valence-electron chi connectivity index (χ2n) is 7.79. The van der Waals surface area contributed by atoms with Crippen LogP contribution in [0.15, 0.2) is 70.5 Å². The highest BCUT2D eigenvalue weighted by Gasteiger charge is 2.32. The molecule has 0 spiro atoms. The summed E-state index contributed by atoms with van der Waals surface area (Å²) in [6, 6.07) is 19.3. The Labute approximate surface area is 190 Å². The SMILES string of the molecule is O=C(Nc1c([C@@H](c2ccccc2Cl)N2CCCCC2)oc2ccccc12)c1cccs1. The van der Waals surface area contributed by atoms with E-state index in [0.717, 1.165) is 53.9 Å². The molecule has 1 fully saturated rings. The van der Waals surface area contributed by atoms with E-state index in [1.165, 1.54) is 17.8 Å². The lowest BCUT2D eigenvalue weighted by molar-refractivity contribution is 0.103. The fourth-order valence-corrected chi connectivity index (χ4v) is 5.20. The Hall–Kier alpha value is -2.60. The number of nitrogens with zero attached hydrogens (tertiary/aromatic N) is 1. The quantitative estimate of drug-likeness (QED) is 0.357. The van der Waals surface area contributed by atoms with Crippen molar-refractivity contribution in [3.8, 4) is 0 Å². The van der Waals surface area contributed by atoms with Gasteiger partial charge in [-0.1, -0.05) is 54.4 Å². The number of para-hydroxylation sites is 1. The number of benzene rings is 2. The van der Waals surface area contributed by atoms with Crippen LogP contribution < -0.4 is 5.32 Å². The molecule has 5 rings (SSSR count). The van der Waals surface area contributed by atoms with E-state index in [1.807, 2.05) is 60.0 Å². The molecule has 1 atom stereocenters. The molecule has 0 radical (unpaired) electrons. The molecule has 2 aromatic heterocycles. The molecule has 31 heavy (non-hydrogen) atoms. The largest absolute Gasteiger partial charge is 0.457 e. The number of carbonyl (C=O) groups is 1. The lowest BCUT2D eigenvalue weighted by atomic mass is 9.98. The van der Waals surface area contributed by atoms with Gasteiger partial charge >= 0.3 is 0 Å². The third-order valence-electron chi connectivity index (χ3n) is 5.81. The number of furan rings is 1. The van der Waals surface area contributed by atoms with Crippen LogP contribution in [-0.4, -0.2) is 23.9 Å². The predicted molar refractivity (Wildman–Crippen MR) is 127 cm³/mol. The molecule has 2 aromatic carbocycles. The van der Waals surface area contributed by atoms with Crippen LogP contribution in [0.3, 0.4) is 0 Å². The molecule has 4 aromatic rings. The normalized spacial score (nSPS) is 15.8. The fraction of sp³-hybridized carbons (Fsp3) is 0.240. The summed E-state index contributed by atoms with van der Waals surface area (Å²) in [5.41, 5.74) is 2.48. The van der Waals surface area contributed by atoms with Gasteiger partial charge in [-0.15, -0.1) is 11.3 Å². The van der Waals surface area contributed by atoms with Gasteiger partial charge in [-0.05, 0) is 61.1 Å². The average molecular weight is 451 g/mol. The van der Waals surface area contributed by atoms with Crippen LogP contribution in [0, 0.1) is 0 Å². The molecule has 1 amide bonds. The summed E-state index contributed by atoms with van der Waals surface area (Å²) in [5.74, 6) is 0.612. The molecule has 0 bridgehead atoms. The first-order valence-electron chi connectivity index (χ1n) is 10.6. The number of piperidine rings is 1. The van der Waals surface area contributed by atoms with E-state index in [2.05, 4.69) is 16.3 Å². The van der Waals surface area contributed by atoms with Crippen LogP contribution in [0.4, 0.5) is 5.69 Å². The summed E-state index contributed by atoms with van der Waals surface area (Å²) >= 11 is 8.10. The van der Waals surface area contributed by atoms with Gasteiger partial charge < -0.3 is 9.73 Å². The number of anilines is 1. The zero-order valence-corrected chi connectivity index (χ0v) is 18.6. The summed E-state index contributed by atoms with van der Waals surface area (Å²) in [7, 11) is 0. The Kier molecular flexibility index (Phi) is 5.81. The fourth-order valence-electron chi connectivity index (χ4n) is 4.35. The summed E-state index contributed by atoms with van der Waals surface area (Å²) in [4.78, 5) is 16.1. The Morgan fingerprint density at radius 1 is 1.00 bits per heavy atom. The van der Waals surface area contributed by atoms with Crippen LogP contribution in [0.5, 0.6) is 0 Å². The van der Waals surface area contributed by atoms with Crippen LogP contribution in [-0.2, 0) is 0 Å². The highest BCUT2D eigenvalue weighted by atomic mass is 35.5. The van der Waals surface area contributed by atoms with Crippen LogP contribution in [0.1, 0.15) is 46.3 Å². The van der Waals surface area contributed by atoms with Crippen molar-refractivity contribution in [1.29, 1.82) is 0 Å². The van der Waals surface area contributed by atoms with Crippen molar-refractivity contribution < 1.29 is 9.21 Å². The zero-order valence-electron chi connectivity index (χ0n) is 17.0. The van der Waals surface area contributed by atoms with Gasteiger partial charge in [0, 0.05) is 10.4 Å². The number of amides is 1. The van der Waals surface area contributed by atoms with Crippen LogP contribution in [0.2, 0.25) is 5.02 Å². The summed E-state index contributed by atoms with van der Waals surface area (Å²) in [5, 5.41) is 6.66. The second kappa shape index (κ2) is 8.87. The van der Waals surface area contributed by atoms with Crippen molar-refractivity contribution in [3.05, 3.63) is 87.3 Å². The predicted octanol–water partition coefficient (Wildman–Crippen LogP) is 6.98. The Morgan fingerprint density at radius 3 is 2.55 bits per heavy atom. The number of fused-ring (bicyclic) bond motifs is 1. The number of halogens is 1. The van der Waals surface area contributed by atoms with Gasteiger partial charge in [0.15, 0.2) is 5.76 Å². The number of hydrogen-bond donors (Lipinski definition) is 1. The Morgan fingerprint density at radius 2 is 1.77 bits per heavy atom. The molecule has 1 aliphatic rings. The lowest BCUT2D eigenvalue weighted by Gasteiger charge is -2.34. The molecule has 0 unspecified atom stereocenters. The van der Waals surface area contributed by atoms with Crippen molar-refractivity contribution >= 4 is 45.5 Å². The first-order valence-corrected chi connectivity index (χ1v) is 11.8. The minimum atomic E-state index is -0.167. The number of likely N-dealkylation sites (tertiary alicyclic amines) is 1. The van der Waals surface area contributed by atoms with Gasteiger partial charge in [0.25, 0.3) is 5.91 Å². The molecule has 6 heteroatoms. The van der Waals surface area contributed by atoms with Crippen molar-refractivity contribution in [3.63, 3.8) is 0 Å². The van der Waals surface area contributed by atoms with Gasteiger partial charge in [-0.3, -0.25) is 9.69 Å². The van der Waals surface area contributed by atoms with Crippen molar-refractivity contribution in [2.45, 2.75) is 25.3 Å². The monoisotopic (exact) mass is 450 g/mol. The van der Waals surface area contributed by atoms with Crippen molar-refractivity contribution in [1.82, 2.24) is 4.90 Å². The molecular formula is C25H23ClN2O2S. The lowest BCUT2D eigenvalue weighted by Crippen LogP contribution is -2.34. The first-order chi connectivity index (χ1) is 15.2. The van der Waals surface area contributed by atoms with Gasteiger partial charge in [0.2, 0.25) is 0 Å². The molecule has 1 saturated heterocycles. The van der Waals surface area contributed by atoms with Gasteiger partial charge in [-0.2, -0.15) is 0 Å². The maximum absolute atomic E-state index is 13.0. The highest BCUT2D eigenvalue weighted by Crippen LogP contribution is 2.43. The van der Waals surface area contributed by atoms with Crippen LogP contribution in [0.25, 0.3) is 11.0 Å². The highest BCUT2D eigenvalue weighted by molar-refractivity contribution is 7.12. The molecule has 4 nitrogen and oxygen atoms in total. The standard InChI is InChI=1S/C25H23ClN2O2S/c26-19-11-4-2-9-17(19)23(28-14-6-1-7-15-28)24-22(18-10-3-5-12-20(18)30-24)27-25(29)21-13-8-16-31-21/h2-5,8-13,16,23H,1,6-7,14-15H2,(H,27,29)/t23-/m1/s1. The molecule has 1 aliphatic heterocycles. The van der Waals surface area contributed by atoms with Gasteiger partial charge in [0.1, 0.15) is 5.58 Å². The van der Waals surface area contributed by atoms with E-state index in [0.29, 0.717) is 9.90 Å². The maximum atomic E-state index is 13.0. The third kappa shape index (κ3) is 4.01. The molecular weight excluding hydrogens is 428 g/mol. The molecule has 0 aliphatic carbocycles. The van der Waals surface area contributed by atoms with Crippen molar-refractivity contribution in [2.24, 2.45) is 0 Å². The minimum Gasteiger partial charge on any atom is -0.457 e.